The van der Waals surface area contributed by atoms with Gasteiger partial charge in [-0.15, -0.1) is 0 Å². The lowest BCUT2D eigenvalue weighted by Gasteiger charge is -2.09. The summed E-state index contributed by atoms with van der Waals surface area (Å²) in [5.74, 6) is 2.09. The molecule has 1 heterocycles. The van der Waals surface area contributed by atoms with Gasteiger partial charge in [-0.1, -0.05) is 6.07 Å². The molecule has 3 rings (SSSR count). The predicted octanol–water partition coefficient (Wildman–Crippen LogP) is 3.90. The molecule has 1 aromatic carbocycles. The van der Waals surface area contributed by atoms with Gasteiger partial charge in [0.1, 0.15) is 11.5 Å². The van der Waals surface area contributed by atoms with Gasteiger partial charge in [-0.05, 0) is 53.0 Å². The summed E-state index contributed by atoms with van der Waals surface area (Å²) >= 11 is 3.48. The summed E-state index contributed by atoms with van der Waals surface area (Å²) in [5.41, 5.74) is 0.990. The first-order chi connectivity index (χ1) is 10.2. The van der Waals surface area contributed by atoms with Crippen LogP contribution in [-0.2, 0) is 6.54 Å². The van der Waals surface area contributed by atoms with E-state index >= 15 is 0 Å². The molecule has 0 aliphatic heterocycles. The van der Waals surface area contributed by atoms with Crippen molar-refractivity contribution in [3.8, 4) is 17.4 Å². The average Bonchev–Trinajstić information content (AvgIpc) is 3.32. The van der Waals surface area contributed by atoms with Crippen molar-refractivity contribution in [2.45, 2.75) is 25.4 Å². The molecule has 0 atom stereocenters. The first-order valence-corrected chi connectivity index (χ1v) is 7.74. The maximum atomic E-state index is 5.83. The summed E-state index contributed by atoms with van der Waals surface area (Å²) in [5, 5.41) is 3.45. The molecule has 1 aromatic heterocycles. The van der Waals surface area contributed by atoms with Gasteiger partial charge < -0.3 is 14.8 Å². The van der Waals surface area contributed by atoms with Gasteiger partial charge in [0.15, 0.2) is 0 Å². The molecule has 2 aromatic rings. The van der Waals surface area contributed by atoms with Crippen LogP contribution in [-0.4, -0.2) is 18.1 Å². The van der Waals surface area contributed by atoms with Crippen molar-refractivity contribution < 1.29 is 9.47 Å². The van der Waals surface area contributed by atoms with Gasteiger partial charge in [0, 0.05) is 18.7 Å². The smallest absolute Gasteiger partial charge is 0.219 e. The van der Waals surface area contributed by atoms with E-state index in [1.165, 1.54) is 12.8 Å². The zero-order valence-corrected chi connectivity index (χ0v) is 13.4. The number of methoxy groups -OCH3 is 1. The van der Waals surface area contributed by atoms with Crippen LogP contribution in [0.25, 0.3) is 0 Å². The first-order valence-electron chi connectivity index (χ1n) is 6.95. The Morgan fingerprint density at radius 3 is 2.86 bits per heavy atom. The number of ether oxygens (including phenoxy) is 2. The normalized spacial score (nSPS) is 14.0. The van der Waals surface area contributed by atoms with Gasteiger partial charge in [0.25, 0.3) is 0 Å². The average molecular weight is 349 g/mol. The Labute approximate surface area is 132 Å². The van der Waals surface area contributed by atoms with E-state index in [0.29, 0.717) is 11.9 Å². The molecule has 21 heavy (non-hydrogen) atoms. The number of hydrogen-bond donors (Lipinski definition) is 1. The van der Waals surface area contributed by atoms with E-state index in [0.717, 1.165) is 28.2 Å². The Balaban J connectivity index is 1.70. The molecule has 4 nitrogen and oxygen atoms in total. The molecular formula is C16H17BrN2O2. The standard InChI is InChI=1S/C16H17BrN2O2/c1-20-13-7-8-15(14(17)9-13)21-16-4-2-3-12(19-16)10-18-11-5-6-11/h2-4,7-9,11,18H,5-6,10H2,1H3. The highest BCUT2D eigenvalue weighted by molar-refractivity contribution is 9.10. The Morgan fingerprint density at radius 1 is 1.29 bits per heavy atom. The van der Waals surface area contributed by atoms with E-state index in [4.69, 9.17) is 9.47 Å². The van der Waals surface area contributed by atoms with Crippen LogP contribution in [0.5, 0.6) is 17.4 Å². The van der Waals surface area contributed by atoms with E-state index in [9.17, 15) is 0 Å². The molecule has 1 fully saturated rings. The van der Waals surface area contributed by atoms with Gasteiger partial charge in [-0.25, -0.2) is 4.98 Å². The molecule has 1 N–H and O–H groups in total. The van der Waals surface area contributed by atoms with Crippen LogP contribution >= 0.6 is 15.9 Å². The SMILES string of the molecule is COc1ccc(Oc2cccc(CNC3CC3)n2)c(Br)c1. The second kappa shape index (κ2) is 6.45. The van der Waals surface area contributed by atoms with E-state index < -0.39 is 0 Å². The van der Waals surface area contributed by atoms with Crippen molar-refractivity contribution in [1.82, 2.24) is 10.3 Å². The summed E-state index contributed by atoms with van der Waals surface area (Å²) in [6.45, 7) is 0.783. The summed E-state index contributed by atoms with van der Waals surface area (Å²) in [7, 11) is 1.64. The third-order valence-corrected chi connectivity index (χ3v) is 3.90. The lowest BCUT2D eigenvalue weighted by Crippen LogP contribution is -2.16. The molecule has 0 saturated heterocycles. The number of nitrogens with zero attached hydrogens (tertiary/aromatic N) is 1. The zero-order valence-electron chi connectivity index (χ0n) is 11.8. The molecule has 0 radical (unpaired) electrons. The van der Waals surface area contributed by atoms with Crippen molar-refractivity contribution in [3.63, 3.8) is 0 Å². The minimum Gasteiger partial charge on any atom is -0.497 e. The van der Waals surface area contributed by atoms with E-state index in [1.807, 2.05) is 36.4 Å². The van der Waals surface area contributed by atoms with Crippen LogP contribution in [0, 0.1) is 0 Å². The zero-order chi connectivity index (χ0) is 14.7. The number of aromatic nitrogens is 1. The third-order valence-electron chi connectivity index (χ3n) is 3.28. The lowest BCUT2D eigenvalue weighted by atomic mass is 10.3. The van der Waals surface area contributed by atoms with E-state index in [2.05, 4.69) is 26.2 Å². The van der Waals surface area contributed by atoms with Gasteiger partial charge in [-0.3, -0.25) is 0 Å². The fourth-order valence-corrected chi connectivity index (χ4v) is 2.39. The Kier molecular flexibility index (Phi) is 4.41. The number of rotatable bonds is 6. The van der Waals surface area contributed by atoms with Crippen molar-refractivity contribution in [2.75, 3.05) is 7.11 Å². The summed E-state index contributed by atoms with van der Waals surface area (Å²) in [6, 6.07) is 12.1. The Bertz CT molecular complexity index is 629. The molecule has 1 saturated carbocycles. The predicted molar refractivity (Wildman–Crippen MR) is 84.9 cm³/mol. The summed E-state index contributed by atoms with van der Waals surface area (Å²) in [4.78, 5) is 4.51. The third kappa shape index (κ3) is 3.95. The molecule has 5 heteroatoms. The fraction of sp³-hybridized carbons (Fsp3) is 0.312. The minimum atomic E-state index is 0.593. The van der Waals surface area contributed by atoms with Crippen LogP contribution in [0.2, 0.25) is 0 Å². The molecule has 0 bridgehead atoms. The monoisotopic (exact) mass is 348 g/mol. The highest BCUT2D eigenvalue weighted by Crippen LogP contribution is 2.32. The molecule has 1 aliphatic carbocycles. The van der Waals surface area contributed by atoms with Gasteiger partial charge in [0.2, 0.25) is 5.88 Å². The van der Waals surface area contributed by atoms with Crippen molar-refractivity contribution in [1.29, 1.82) is 0 Å². The van der Waals surface area contributed by atoms with Crippen LogP contribution < -0.4 is 14.8 Å². The molecule has 1 aliphatic rings. The van der Waals surface area contributed by atoms with Crippen LogP contribution in [0.3, 0.4) is 0 Å². The molecule has 0 amide bonds. The second-order valence-electron chi connectivity index (χ2n) is 5.02. The number of pyridine rings is 1. The van der Waals surface area contributed by atoms with Gasteiger partial charge in [0.05, 0.1) is 17.3 Å². The Morgan fingerprint density at radius 2 is 2.14 bits per heavy atom. The quantitative estimate of drug-likeness (QED) is 0.859. The van der Waals surface area contributed by atoms with Crippen LogP contribution in [0.1, 0.15) is 18.5 Å². The largest absolute Gasteiger partial charge is 0.497 e. The fourth-order valence-electron chi connectivity index (χ4n) is 1.95. The topological polar surface area (TPSA) is 43.4 Å². The lowest BCUT2D eigenvalue weighted by molar-refractivity contribution is 0.411. The van der Waals surface area contributed by atoms with Gasteiger partial charge in [-0.2, -0.15) is 0 Å². The van der Waals surface area contributed by atoms with E-state index in [1.54, 1.807) is 7.11 Å². The molecule has 0 spiro atoms. The highest BCUT2D eigenvalue weighted by atomic mass is 79.9. The minimum absolute atomic E-state index is 0.593. The second-order valence-corrected chi connectivity index (χ2v) is 5.88. The summed E-state index contributed by atoms with van der Waals surface area (Å²) < 4.78 is 11.8. The number of hydrogen-bond acceptors (Lipinski definition) is 4. The van der Waals surface area contributed by atoms with Gasteiger partial charge >= 0.3 is 0 Å². The van der Waals surface area contributed by atoms with Crippen LogP contribution in [0.4, 0.5) is 0 Å². The highest BCUT2D eigenvalue weighted by Gasteiger charge is 2.20. The number of nitrogens with one attached hydrogen (secondary N) is 1. The first kappa shape index (κ1) is 14.4. The maximum absolute atomic E-state index is 5.83. The van der Waals surface area contributed by atoms with E-state index in [-0.39, 0.29) is 0 Å². The molecular weight excluding hydrogens is 332 g/mol. The molecule has 0 unspecified atom stereocenters. The van der Waals surface area contributed by atoms with Crippen molar-refractivity contribution in [3.05, 3.63) is 46.6 Å². The van der Waals surface area contributed by atoms with Crippen LogP contribution in [0.15, 0.2) is 40.9 Å². The molecule has 110 valence electrons. The number of halogens is 1. The van der Waals surface area contributed by atoms with Crippen molar-refractivity contribution >= 4 is 15.9 Å². The maximum Gasteiger partial charge on any atom is 0.219 e. The summed E-state index contributed by atoms with van der Waals surface area (Å²) in [6.07, 6.45) is 2.55. The number of benzene rings is 1. The van der Waals surface area contributed by atoms with Crippen molar-refractivity contribution in [2.24, 2.45) is 0 Å². The Hall–Kier alpha value is -1.59.